The smallest absolute Gasteiger partial charge is 0.127 e. The molecule has 3 nitrogen and oxygen atoms in total. The van der Waals surface area contributed by atoms with Crippen molar-refractivity contribution in [3.8, 4) is 6.07 Å². The Hall–Kier alpha value is -1.44. The summed E-state index contributed by atoms with van der Waals surface area (Å²) in [4.78, 5) is 2.11. The number of ether oxygens (including phenoxy) is 1. The van der Waals surface area contributed by atoms with E-state index in [1.165, 1.54) is 12.1 Å². The second-order valence-corrected chi connectivity index (χ2v) is 4.48. The summed E-state index contributed by atoms with van der Waals surface area (Å²) in [6.45, 7) is 5.95. The van der Waals surface area contributed by atoms with E-state index in [0.717, 1.165) is 6.54 Å². The predicted molar refractivity (Wildman–Crippen MR) is 68.5 cm³/mol. The van der Waals surface area contributed by atoms with Crippen LogP contribution in [-0.4, -0.2) is 31.2 Å². The van der Waals surface area contributed by atoms with E-state index in [2.05, 4.69) is 18.7 Å². The summed E-state index contributed by atoms with van der Waals surface area (Å²) in [5.74, 6) is -0.267. The van der Waals surface area contributed by atoms with Crippen molar-refractivity contribution in [2.45, 2.75) is 26.4 Å². The number of halogens is 1. The van der Waals surface area contributed by atoms with E-state index < -0.39 is 0 Å². The van der Waals surface area contributed by atoms with Gasteiger partial charge >= 0.3 is 0 Å². The largest absolute Gasteiger partial charge is 0.383 e. The van der Waals surface area contributed by atoms with Crippen LogP contribution in [0.15, 0.2) is 18.2 Å². The number of nitriles is 1. The summed E-state index contributed by atoms with van der Waals surface area (Å²) >= 11 is 0. The normalized spacial score (nSPS) is 10.9. The van der Waals surface area contributed by atoms with Gasteiger partial charge in [-0.15, -0.1) is 0 Å². The predicted octanol–water partition coefficient (Wildman–Crippen LogP) is 2.55. The van der Waals surface area contributed by atoms with Crippen LogP contribution < -0.4 is 0 Å². The zero-order valence-corrected chi connectivity index (χ0v) is 11.1. The maximum absolute atomic E-state index is 13.7. The van der Waals surface area contributed by atoms with E-state index in [1.54, 1.807) is 13.2 Å². The number of nitrogens with zero attached hydrogens (tertiary/aromatic N) is 2. The lowest BCUT2D eigenvalue weighted by molar-refractivity contribution is 0.124. The molecule has 0 aliphatic rings. The van der Waals surface area contributed by atoms with Gasteiger partial charge in [0.1, 0.15) is 5.82 Å². The van der Waals surface area contributed by atoms with Crippen LogP contribution in [0.3, 0.4) is 0 Å². The lowest BCUT2D eigenvalue weighted by atomic mass is 10.1. The Morgan fingerprint density at radius 3 is 2.72 bits per heavy atom. The van der Waals surface area contributed by atoms with Crippen LogP contribution in [0.5, 0.6) is 0 Å². The monoisotopic (exact) mass is 250 g/mol. The summed E-state index contributed by atoms with van der Waals surface area (Å²) in [5.41, 5.74) is 1.04. The van der Waals surface area contributed by atoms with Gasteiger partial charge in [-0.1, -0.05) is 0 Å². The van der Waals surface area contributed by atoms with Crippen molar-refractivity contribution in [2.24, 2.45) is 0 Å². The zero-order valence-electron chi connectivity index (χ0n) is 11.1. The molecule has 0 radical (unpaired) electrons. The first-order valence-corrected chi connectivity index (χ1v) is 6.00. The summed E-state index contributed by atoms with van der Waals surface area (Å²) in [7, 11) is 1.65. The van der Waals surface area contributed by atoms with Crippen LogP contribution in [0, 0.1) is 17.1 Å². The number of rotatable bonds is 6. The lowest BCUT2D eigenvalue weighted by Crippen LogP contribution is -2.33. The summed E-state index contributed by atoms with van der Waals surface area (Å²) in [5, 5.41) is 8.83. The molecule has 0 N–H and O–H groups in total. The van der Waals surface area contributed by atoms with Crippen LogP contribution in [0.2, 0.25) is 0 Å². The van der Waals surface area contributed by atoms with Gasteiger partial charge in [0.25, 0.3) is 0 Å². The molecule has 18 heavy (non-hydrogen) atoms. The minimum Gasteiger partial charge on any atom is -0.383 e. The van der Waals surface area contributed by atoms with E-state index in [9.17, 15) is 4.39 Å². The third kappa shape index (κ3) is 4.10. The molecule has 0 unspecified atom stereocenters. The van der Waals surface area contributed by atoms with Gasteiger partial charge in [0, 0.05) is 31.8 Å². The number of methoxy groups -OCH3 is 1. The van der Waals surface area contributed by atoms with Crippen molar-refractivity contribution in [3.63, 3.8) is 0 Å². The van der Waals surface area contributed by atoms with Gasteiger partial charge in [0.05, 0.1) is 18.2 Å². The van der Waals surface area contributed by atoms with E-state index in [1.807, 2.05) is 6.07 Å². The number of benzene rings is 1. The minimum absolute atomic E-state index is 0.267. The lowest BCUT2D eigenvalue weighted by Gasteiger charge is -2.26. The molecule has 1 aromatic rings. The Morgan fingerprint density at radius 1 is 1.44 bits per heavy atom. The molecule has 0 aliphatic heterocycles. The highest BCUT2D eigenvalue weighted by atomic mass is 19.1. The van der Waals surface area contributed by atoms with Gasteiger partial charge in [-0.2, -0.15) is 5.26 Å². The Kier molecular flexibility index (Phi) is 5.76. The van der Waals surface area contributed by atoms with Crippen LogP contribution >= 0.6 is 0 Å². The number of hydrogen-bond acceptors (Lipinski definition) is 3. The molecule has 0 saturated heterocycles. The van der Waals surface area contributed by atoms with Crippen molar-refractivity contribution < 1.29 is 9.13 Å². The van der Waals surface area contributed by atoms with Crippen molar-refractivity contribution in [3.05, 3.63) is 35.1 Å². The zero-order chi connectivity index (χ0) is 13.5. The highest BCUT2D eigenvalue weighted by Gasteiger charge is 2.13. The van der Waals surface area contributed by atoms with Crippen LogP contribution in [0.1, 0.15) is 25.0 Å². The average molecular weight is 250 g/mol. The van der Waals surface area contributed by atoms with Crippen molar-refractivity contribution in [1.29, 1.82) is 5.26 Å². The first-order chi connectivity index (χ1) is 8.58. The molecule has 0 bridgehead atoms. The molecule has 1 rings (SSSR count). The van der Waals surface area contributed by atoms with Gasteiger partial charge in [-0.05, 0) is 32.0 Å². The molecule has 0 atom stereocenters. The van der Waals surface area contributed by atoms with Gasteiger partial charge in [-0.3, -0.25) is 4.90 Å². The highest BCUT2D eigenvalue weighted by molar-refractivity contribution is 5.33. The Bertz CT molecular complexity index is 426. The molecular formula is C14H19FN2O. The fourth-order valence-electron chi connectivity index (χ4n) is 1.71. The molecular weight excluding hydrogens is 231 g/mol. The van der Waals surface area contributed by atoms with Crippen LogP contribution in [0.25, 0.3) is 0 Å². The molecule has 0 saturated carbocycles. The second kappa shape index (κ2) is 7.10. The van der Waals surface area contributed by atoms with Crippen molar-refractivity contribution in [2.75, 3.05) is 20.3 Å². The molecule has 0 fully saturated rings. The van der Waals surface area contributed by atoms with E-state index in [-0.39, 0.29) is 5.82 Å². The highest BCUT2D eigenvalue weighted by Crippen LogP contribution is 2.14. The molecule has 98 valence electrons. The Balaban J connectivity index is 2.83. The van der Waals surface area contributed by atoms with Gasteiger partial charge < -0.3 is 4.74 Å². The SMILES string of the molecule is COCCN(Cc1cc(C#N)ccc1F)C(C)C. The van der Waals surface area contributed by atoms with Gasteiger partial charge in [0.2, 0.25) is 0 Å². The second-order valence-electron chi connectivity index (χ2n) is 4.48. The average Bonchev–Trinajstić information content (AvgIpc) is 2.36. The van der Waals surface area contributed by atoms with Crippen LogP contribution in [0.4, 0.5) is 4.39 Å². The van der Waals surface area contributed by atoms with E-state index >= 15 is 0 Å². The molecule has 0 aromatic heterocycles. The Morgan fingerprint density at radius 2 is 2.17 bits per heavy atom. The molecule has 0 heterocycles. The molecule has 4 heteroatoms. The first kappa shape index (κ1) is 14.6. The van der Waals surface area contributed by atoms with Crippen molar-refractivity contribution >= 4 is 0 Å². The summed E-state index contributed by atoms with van der Waals surface area (Å²) in [6, 6.07) is 6.78. The molecule has 0 amide bonds. The molecule has 0 aliphatic carbocycles. The number of hydrogen-bond donors (Lipinski definition) is 0. The minimum atomic E-state index is -0.267. The standard InChI is InChI=1S/C14H19FN2O/c1-11(2)17(6-7-18-3)10-13-8-12(9-16)4-5-14(13)15/h4-5,8,11H,6-7,10H2,1-3H3. The maximum Gasteiger partial charge on any atom is 0.127 e. The summed E-state index contributed by atoms with van der Waals surface area (Å²) < 4.78 is 18.7. The van der Waals surface area contributed by atoms with Gasteiger partial charge in [-0.25, -0.2) is 4.39 Å². The Labute approximate surface area is 108 Å². The third-order valence-electron chi connectivity index (χ3n) is 2.86. The fraction of sp³-hybridized carbons (Fsp3) is 0.500. The first-order valence-electron chi connectivity index (χ1n) is 6.00. The van der Waals surface area contributed by atoms with Crippen molar-refractivity contribution in [1.82, 2.24) is 4.90 Å². The fourth-order valence-corrected chi connectivity index (χ4v) is 1.71. The van der Waals surface area contributed by atoms with Gasteiger partial charge in [0.15, 0.2) is 0 Å². The third-order valence-corrected chi connectivity index (χ3v) is 2.86. The van der Waals surface area contributed by atoms with Crippen LogP contribution in [-0.2, 0) is 11.3 Å². The van der Waals surface area contributed by atoms with E-state index in [4.69, 9.17) is 10.00 Å². The molecule has 0 spiro atoms. The summed E-state index contributed by atoms with van der Waals surface area (Å²) in [6.07, 6.45) is 0. The maximum atomic E-state index is 13.7. The topological polar surface area (TPSA) is 36.3 Å². The quantitative estimate of drug-likeness (QED) is 0.778. The molecule has 1 aromatic carbocycles. The van der Waals surface area contributed by atoms with E-state index in [0.29, 0.717) is 30.3 Å².